The van der Waals surface area contributed by atoms with Gasteiger partial charge in [-0.25, -0.2) is 9.78 Å². The van der Waals surface area contributed by atoms with Crippen LogP contribution in [-0.4, -0.2) is 52.7 Å². The maximum Gasteiger partial charge on any atom is 0.328 e. The van der Waals surface area contributed by atoms with Gasteiger partial charge in [0.25, 0.3) is 5.91 Å². The van der Waals surface area contributed by atoms with Crippen LogP contribution in [0.5, 0.6) is 0 Å². The molecule has 1 aliphatic rings. The summed E-state index contributed by atoms with van der Waals surface area (Å²) in [6.07, 6.45) is 0. The Bertz CT molecular complexity index is 751. The van der Waals surface area contributed by atoms with Crippen molar-refractivity contribution in [1.29, 1.82) is 0 Å². The first kappa shape index (κ1) is 15.7. The molecule has 122 valence electrons. The topological polar surface area (TPSA) is 92.9 Å². The molecule has 0 aliphatic carbocycles. The third kappa shape index (κ3) is 2.99. The molecular weight excluding hydrogens is 320 g/mol. The minimum atomic E-state index is -1.07. The zero-order valence-electron chi connectivity index (χ0n) is 12.7. The number of carbonyl (C=O) groups excluding carboxylic acids is 1. The molecule has 0 radical (unpaired) electrons. The molecule has 2 aromatic heterocycles. The SMILES string of the molecule is Cc1ccc(-c2nc(C)c(C(=O)N3CCOCC3C(=O)O)s2)o1. The van der Waals surface area contributed by atoms with Crippen LogP contribution in [-0.2, 0) is 9.53 Å². The first-order valence-electron chi connectivity index (χ1n) is 7.13. The normalized spacial score (nSPS) is 18.2. The Labute approximate surface area is 136 Å². The number of morpholine rings is 1. The number of hydrogen-bond acceptors (Lipinski definition) is 6. The lowest BCUT2D eigenvalue weighted by atomic mass is 10.2. The van der Waals surface area contributed by atoms with Gasteiger partial charge in [-0.05, 0) is 26.0 Å². The molecule has 1 fully saturated rings. The number of carbonyl (C=O) groups is 2. The van der Waals surface area contributed by atoms with Crippen LogP contribution in [0, 0.1) is 13.8 Å². The van der Waals surface area contributed by atoms with Crippen molar-refractivity contribution in [1.82, 2.24) is 9.88 Å². The lowest BCUT2D eigenvalue weighted by molar-refractivity contribution is -0.147. The fourth-order valence-electron chi connectivity index (χ4n) is 2.43. The number of thiazole rings is 1. The van der Waals surface area contributed by atoms with Crippen molar-refractivity contribution in [2.45, 2.75) is 19.9 Å². The van der Waals surface area contributed by atoms with E-state index in [4.69, 9.17) is 9.15 Å². The van der Waals surface area contributed by atoms with Gasteiger partial charge in [0.15, 0.2) is 16.8 Å². The molecule has 1 unspecified atom stereocenters. The lowest BCUT2D eigenvalue weighted by Crippen LogP contribution is -2.52. The molecule has 1 N–H and O–H groups in total. The van der Waals surface area contributed by atoms with Crippen LogP contribution in [0.2, 0.25) is 0 Å². The number of ether oxygens (including phenoxy) is 1. The predicted molar refractivity (Wildman–Crippen MR) is 82.6 cm³/mol. The van der Waals surface area contributed by atoms with Gasteiger partial charge >= 0.3 is 5.97 Å². The van der Waals surface area contributed by atoms with E-state index in [1.165, 1.54) is 16.2 Å². The van der Waals surface area contributed by atoms with E-state index in [0.29, 0.717) is 27.9 Å². The monoisotopic (exact) mass is 336 g/mol. The maximum atomic E-state index is 12.7. The summed E-state index contributed by atoms with van der Waals surface area (Å²) in [7, 11) is 0. The van der Waals surface area contributed by atoms with Crippen LogP contribution in [0.15, 0.2) is 16.5 Å². The molecule has 3 rings (SSSR count). The molecule has 2 aromatic rings. The lowest BCUT2D eigenvalue weighted by Gasteiger charge is -2.32. The molecule has 0 saturated carbocycles. The Morgan fingerprint density at radius 2 is 2.17 bits per heavy atom. The Balaban J connectivity index is 1.90. The first-order chi connectivity index (χ1) is 11.0. The Hall–Kier alpha value is -2.19. The number of carboxylic acids is 1. The third-order valence-electron chi connectivity index (χ3n) is 3.62. The number of rotatable bonds is 3. The fraction of sp³-hybridized carbons (Fsp3) is 0.400. The average molecular weight is 336 g/mol. The number of amides is 1. The average Bonchev–Trinajstić information content (AvgIpc) is 3.12. The van der Waals surface area contributed by atoms with Gasteiger partial charge in [-0.1, -0.05) is 0 Å². The Morgan fingerprint density at radius 1 is 1.39 bits per heavy atom. The smallest absolute Gasteiger partial charge is 0.328 e. The third-order valence-corrected chi connectivity index (χ3v) is 4.78. The van der Waals surface area contributed by atoms with Crippen LogP contribution >= 0.6 is 11.3 Å². The largest absolute Gasteiger partial charge is 0.480 e. The van der Waals surface area contributed by atoms with Crippen LogP contribution in [0.25, 0.3) is 10.8 Å². The number of furan rings is 1. The predicted octanol–water partition coefficient (Wildman–Crippen LogP) is 1.95. The molecule has 7 nitrogen and oxygen atoms in total. The molecular formula is C15H16N2O5S. The van der Waals surface area contributed by atoms with E-state index in [-0.39, 0.29) is 19.1 Å². The number of aryl methyl sites for hydroxylation is 2. The van der Waals surface area contributed by atoms with Crippen LogP contribution < -0.4 is 0 Å². The minimum Gasteiger partial charge on any atom is -0.480 e. The highest BCUT2D eigenvalue weighted by molar-refractivity contribution is 7.17. The van der Waals surface area contributed by atoms with E-state index in [1.54, 1.807) is 13.0 Å². The highest BCUT2D eigenvalue weighted by atomic mass is 32.1. The van der Waals surface area contributed by atoms with Gasteiger partial charge in [0.1, 0.15) is 10.6 Å². The molecule has 1 atom stereocenters. The van der Waals surface area contributed by atoms with E-state index in [0.717, 1.165) is 5.76 Å². The summed E-state index contributed by atoms with van der Waals surface area (Å²) in [6.45, 7) is 4.16. The maximum absolute atomic E-state index is 12.7. The standard InChI is InChI=1S/C15H16N2O5S/c1-8-3-4-11(22-8)13-16-9(2)12(23-13)14(18)17-5-6-21-7-10(17)15(19)20/h3-4,10H,5-7H2,1-2H3,(H,19,20). The van der Waals surface area contributed by atoms with E-state index in [1.807, 2.05) is 13.0 Å². The summed E-state index contributed by atoms with van der Waals surface area (Å²) in [5.74, 6) is -0.0291. The molecule has 0 bridgehead atoms. The van der Waals surface area contributed by atoms with E-state index >= 15 is 0 Å². The number of aromatic nitrogens is 1. The summed E-state index contributed by atoms with van der Waals surface area (Å²) in [5, 5.41) is 9.87. The van der Waals surface area contributed by atoms with Crippen molar-refractivity contribution in [2.75, 3.05) is 19.8 Å². The second-order valence-corrected chi connectivity index (χ2v) is 6.27. The van der Waals surface area contributed by atoms with E-state index < -0.39 is 12.0 Å². The van der Waals surface area contributed by atoms with Crippen LogP contribution in [0.1, 0.15) is 21.1 Å². The summed E-state index contributed by atoms with van der Waals surface area (Å²) in [4.78, 5) is 30.2. The van der Waals surface area contributed by atoms with E-state index in [2.05, 4.69) is 4.98 Å². The first-order valence-corrected chi connectivity index (χ1v) is 7.95. The van der Waals surface area contributed by atoms with Crippen molar-refractivity contribution in [3.05, 3.63) is 28.5 Å². The van der Waals surface area contributed by atoms with Gasteiger partial charge in [-0.3, -0.25) is 4.79 Å². The Kier molecular flexibility index (Phi) is 4.18. The molecule has 8 heteroatoms. The van der Waals surface area contributed by atoms with Crippen molar-refractivity contribution >= 4 is 23.2 Å². The zero-order valence-corrected chi connectivity index (χ0v) is 13.6. The van der Waals surface area contributed by atoms with Gasteiger partial charge in [-0.15, -0.1) is 11.3 Å². The molecule has 23 heavy (non-hydrogen) atoms. The van der Waals surface area contributed by atoms with Crippen molar-refractivity contribution < 1.29 is 23.8 Å². The van der Waals surface area contributed by atoms with Crippen LogP contribution in [0.3, 0.4) is 0 Å². The fourth-order valence-corrected chi connectivity index (χ4v) is 3.42. The molecule has 0 aromatic carbocycles. The number of nitrogens with zero attached hydrogens (tertiary/aromatic N) is 2. The van der Waals surface area contributed by atoms with E-state index in [9.17, 15) is 14.7 Å². The zero-order chi connectivity index (χ0) is 16.6. The second-order valence-electron chi connectivity index (χ2n) is 5.27. The number of carboxylic acid groups (broad SMARTS) is 1. The molecule has 1 amide bonds. The molecule has 1 saturated heterocycles. The summed E-state index contributed by atoms with van der Waals surface area (Å²) in [5.41, 5.74) is 0.569. The van der Waals surface area contributed by atoms with Crippen molar-refractivity contribution in [3.8, 4) is 10.8 Å². The summed E-state index contributed by atoms with van der Waals surface area (Å²) in [6, 6.07) is 2.67. The molecule has 3 heterocycles. The highest BCUT2D eigenvalue weighted by Gasteiger charge is 2.35. The summed E-state index contributed by atoms with van der Waals surface area (Å²) < 4.78 is 10.7. The quantitative estimate of drug-likeness (QED) is 0.921. The summed E-state index contributed by atoms with van der Waals surface area (Å²) >= 11 is 1.21. The van der Waals surface area contributed by atoms with Gasteiger partial charge in [-0.2, -0.15) is 0 Å². The van der Waals surface area contributed by atoms with Crippen molar-refractivity contribution in [2.24, 2.45) is 0 Å². The van der Waals surface area contributed by atoms with Crippen molar-refractivity contribution in [3.63, 3.8) is 0 Å². The number of aliphatic carboxylic acids is 1. The number of hydrogen-bond donors (Lipinski definition) is 1. The highest BCUT2D eigenvalue weighted by Crippen LogP contribution is 2.30. The molecule has 1 aliphatic heterocycles. The van der Waals surface area contributed by atoms with Gasteiger partial charge in [0.05, 0.1) is 18.9 Å². The van der Waals surface area contributed by atoms with Gasteiger partial charge < -0.3 is 19.2 Å². The molecule has 0 spiro atoms. The van der Waals surface area contributed by atoms with Gasteiger partial charge in [0.2, 0.25) is 0 Å². The minimum absolute atomic E-state index is 0.00314. The van der Waals surface area contributed by atoms with Crippen LogP contribution in [0.4, 0.5) is 0 Å². The Morgan fingerprint density at radius 3 is 2.83 bits per heavy atom. The van der Waals surface area contributed by atoms with Gasteiger partial charge in [0, 0.05) is 6.54 Å². The second kappa shape index (κ2) is 6.13.